The van der Waals surface area contributed by atoms with E-state index >= 15 is 0 Å². The summed E-state index contributed by atoms with van der Waals surface area (Å²) in [6.07, 6.45) is 0.480. The van der Waals surface area contributed by atoms with Crippen LogP contribution in [0.1, 0.15) is 50.8 Å². The molecule has 0 fully saturated rings. The molecule has 0 saturated heterocycles. The minimum absolute atomic E-state index is 0.0564. The van der Waals surface area contributed by atoms with E-state index in [0.29, 0.717) is 13.0 Å². The van der Waals surface area contributed by atoms with Crippen LogP contribution in [-0.4, -0.2) is 23.7 Å². The maximum atomic E-state index is 12.0. The molecular weight excluding hydrogens is 280 g/mol. The van der Waals surface area contributed by atoms with Gasteiger partial charge in [0.15, 0.2) is 0 Å². The van der Waals surface area contributed by atoms with Crippen molar-refractivity contribution in [3.8, 4) is 0 Å². The second kappa shape index (κ2) is 7.82. The molecule has 2 amide bonds. The van der Waals surface area contributed by atoms with E-state index in [1.54, 1.807) is 0 Å². The largest absolute Gasteiger partial charge is 0.481 e. The van der Waals surface area contributed by atoms with E-state index < -0.39 is 5.97 Å². The summed E-state index contributed by atoms with van der Waals surface area (Å²) >= 11 is 0. The molecule has 1 rings (SSSR count). The molecule has 0 radical (unpaired) electrons. The third-order valence-electron chi connectivity index (χ3n) is 3.37. The second-order valence-corrected chi connectivity index (χ2v) is 6.61. The minimum atomic E-state index is -0.852. The van der Waals surface area contributed by atoms with E-state index in [4.69, 9.17) is 5.11 Å². The van der Waals surface area contributed by atoms with Crippen LogP contribution in [0.15, 0.2) is 24.3 Å². The first-order valence-corrected chi connectivity index (χ1v) is 7.53. The van der Waals surface area contributed by atoms with Crippen molar-refractivity contribution in [3.63, 3.8) is 0 Å². The van der Waals surface area contributed by atoms with E-state index in [1.165, 1.54) is 0 Å². The van der Waals surface area contributed by atoms with Crippen molar-refractivity contribution in [2.24, 2.45) is 5.41 Å². The average molecular weight is 306 g/mol. The van der Waals surface area contributed by atoms with Gasteiger partial charge in [0.25, 0.3) is 0 Å². The third kappa shape index (κ3) is 6.16. The van der Waals surface area contributed by atoms with Gasteiger partial charge in [0.2, 0.25) is 0 Å². The minimum Gasteiger partial charge on any atom is -0.481 e. The van der Waals surface area contributed by atoms with Gasteiger partial charge in [-0.3, -0.25) is 4.79 Å². The lowest BCUT2D eigenvalue weighted by atomic mass is 9.82. The first-order valence-electron chi connectivity index (χ1n) is 7.53. The maximum Gasteiger partial charge on any atom is 0.315 e. The molecule has 22 heavy (non-hydrogen) atoms. The number of urea groups is 1. The molecule has 0 spiro atoms. The summed E-state index contributed by atoms with van der Waals surface area (Å²) in [5.41, 5.74) is 2.08. The van der Waals surface area contributed by atoms with Crippen molar-refractivity contribution < 1.29 is 14.7 Å². The highest BCUT2D eigenvalue weighted by Gasteiger charge is 2.27. The van der Waals surface area contributed by atoms with E-state index in [2.05, 4.69) is 37.5 Å². The second-order valence-electron chi connectivity index (χ2n) is 6.61. The Bertz CT molecular complexity index is 521. The van der Waals surface area contributed by atoms with Crippen LogP contribution in [-0.2, 0) is 4.79 Å². The van der Waals surface area contributed by atoms with Gasteiger partial charge in [-0.15, -0.1) is 0 Å². The summed E-state index contributed by atoms with van der Waals surface area (Å²) in [6.45, 7) is 8.60. The van der Waals surface area contributed by atoms with Crippen LogP contribution >= 0.6 is 0 Å². The number of nitrogens with one attached hydrogen (secondary N) is 2. The van der Waals surface area contributed by atoms with Crippen molar-refractivity contribution in [2.45, 2.75) is 46.6 Å². The number of hydrogen-bond donors (Lipinski definition) is 3. The molecular formula is C17H26N2O3. The molecule has 3 N–H and O–H groups in total. The van der Waals surface area contributed by atoms with E-state index in [-0.39, 0.29) is 23.9 Å². The highest BCUT2D eigenvalue weighted by molar-refractivity contribution is 5.74. The number of carboxylic acid groups (broad SMARTS) is 1. The summed E-state index contributed by atoms with van der Waals surface area (Å²) in [6, 6.07) is 7.69. The van der Waals surface area contributed by atoms with E-state index in [0.717, 1.165) is 11.1 Å². The number of carbonyl (C=O) groups is 2. The van der Waals surface area contributed by atoms with Gasteiger partial charge < -0.3 is 15.7 Å². The molecule has 0 aliphatic rings. The molecule has 0 aromatic heterocycles. The number of carboxylic acids is 1. The molecule has 0 heterocycles. The van der Waals surface area contributed by atoms with Gasteiger partial charge in [-0.2, -0.15) is 0 Å². The lowest BCUT2D eigenvalue weighted by Crippen LogP contribution is -2.42. The molecule has 122 valence electrons. The van der Waals surface area contributed by atoms with Crippen LogP contribution in [0.2, 0.25) is 0 Å². The molecule has 0 saturated carbocycles. The van der Waals surface area contributed by atoms with E-state index in [1.807, 2.05) is 25.1 Å². The van der Waals surface area contributed by atoms with Gasteiger partial charge in [-0.1, -0.05) is 50.6 Å². The van der Waals surface area contributed by atoms with Gasteiger partial charge in [-0.05, 0) is 24.3 Å². The van der Waals surface area contributed by atoms with Gasteiger partial charge in [0.1, 0.15) is 0 Å². The maximum absolute atomic E-state index is 12.0. The monoisotopic (exact) mass is 306 g/mol. The summed E-state index contributed by atoms with van der Waals surface area (Å²) in [5, 5.41) is 14.3. The Balaban J connectivity index is 2.67. The number of amides is 2. The molecule has 0 bridgehead atoms. The van der Waals surface area contributed by atoms with Gasteiger partial charge >= 0.3 is 12.0 Å². The summed E-state index contributed by atoms with van der Waals surface area (Å²) in [5.74, 6) is -0.852. The van der Waals surface area contributed by atoms with Crippen molar-refractivity contribution in [1.29, 1.82) is 0 Å². The fraction of sp³-hybridized carbons (Fsp3) is 0.529. The number of rotatable bonds is 6. The van der Waals surface area contributed by atoms with E-state index in [9.17, 15) is 9.59 Å². The van der Waals surface area contributed by atoms with Crippen LogP contribution in [0.5, 0.6) is 0 Å². The summed E-state index contributed by atoms with van der Waals surface area (Å²) < 4.78 is 0. The Morgan fingerprint density at radius 1 is 1.27 bits per heavy atom. The molecule has 1 unspecified atom stereocenters. The molecule has 5 heteroatoms. The smallest absolute Gasteiger partial charge is 0.315 e. The predicted molar refractivity (Wildman–Crippen MR) is 86.8 cm³/mol. The van der Waals surface area contributed by atoms with Crippen molar-refractivity contribution in [1.82, 2.24) is 10.6 Å². The lowest BCUT2D eigenvalue weighted by molar-refractivity contribution is -0.137. The Labute approximate surface area is 132 Å². The molecule has 1 atom stereocenters. The topological polar surface area (TPSA) is 78.4 Å². The van der Waals surface area contributed by atoms with Gasteiger partial charge in [0, 0.05) is 13.0 Å². The van der Waals surface area contributed by atoms with Crippen LogP contribution in [0, 0.1) is 12.3 Å². The number of benzene rings is 1. The number of aliphatic carboxylic acids is 1. The van der Waals surface area contributed by atoms with Crippen molar-refractivity contribution in [2.75, 3.05) is 6.54 Å². The number of carbonyl (C=O) groups excluding carboxylic acids is 1. The predicted octanol–water partition coefficient (Wildman–Crippen LogP) is 3.25. The average Bonchev–Trinajstić information content (AvgIpc) is 2.39. The highest BCUT2D eigenvalue weighted by atomic mass is 16.4. The normalized spacial score (nSPS) is 12.5. The Hall–Kier alpha value is -2.04. The quantitative estimate of drug-likeness (QED) is 0.706. The van der Waals surface area contributed by atoms with Gasteiger partial charge in [-0.25, -0.2) is 4.79 Å². The Morgan fingerprint density at radius 3 is 2.50 bits per heavy atom. The molecule has 1 aromatic rings. The van der Waals surface area contributed by atoms with Crippen LogP contribution in [0.3, 0.4) is 0 Å². The van der Waals surface area contributed by atoms with Crippen LogP contribution in [0.4, 0.5) is 4.79 Å². The first kappa shape index (κ1) is 18.0. The number of aryl methyl sites for hydroxylation is 1. The molecule has 1 aromatic carbocycles. The zero-order valence-corrected chi connectivity index (χ0v) is 13.8. The third-order valence-corrected chi connectivity index (χ3v) is 3.37. The summed E-state index contributed by atoms with van der Waals surface area (Å²) in [7, 11) is 0. The highest BCUT2D eigenvalue weighted by Crippen LogP contribution is 2.32. The molecule has 0 aliphatic heterocycles. The first-order chi connectivity index (χ1) is 10.2. The molecule has 0 aliphatic carbocycles. The fourth-order valence-corrected chi connectivity index (χ4v) is 2.27. The standard InChI is InChI=1S/C17H26N2O3/c1-12-7-5-8-13(11-12)15(17(2,3)4)19-16(22)18-10-6-9-14(20)21/h5,7-8,11,15H,6,9-10H2,1-4H3,(H,20,21)(H2,18,19,22). The SMILES string of the molecule is Cc1cccc(C(NC(=O)NCCCC(=O)O)C(C)(C)C)c1. The van der Waals surface area contributed by atoms with Crippen molar-refractivity contribution >= 4 is 12.0 Å². The summed E-state index contributed by atoms with van der Waals surface area (Å²) in [4.78, 5) is 22.5. The zero-order valence-electron chi connectivity index (χ0n) is 13.8. The fourth-order valence-electron chi connectivity index (χ4n) is 2.27. The molecule has 5 nitrogen and oxygen atoms in total. The van der Waals surface area contributed by atoms with Gasteiger partial charge in [0.05, 0.1) is 6.04 Å². The van der Waals surface area contributed by atoms with Crippen LogP contribution < -0.4 is 10.6 Å². The zero-order chi connectivity index (χ0) is 16.8. The Morgan fingerprint density at radius 2 is 1.95 bits per heavy atom. The van der Waals surface area contributed by atoms with Crippen LogP contribution in [0.25, 0.3) is 0 Å². The lowest BCUT2D eigenvalue weighted by Gasteiger charge is -2.32. The number of hydrogen-bond acceptors (Lipinski definition) is 2. The van der Waals surface area contributed by atoms with Crippen molar-refractivity contribution in [3.05, 3.63) is 35.4 Å². The Kier molecular flexibility index (Phi) is 6.40.